The molecule has 142 valence electrons. The van der Waals surface area contributed by atoms with Crippen LogP contribution in [0.15, 0.2) is 42.5 Å². The molecular formula is C19H20FN3O4. The van der Waals surface area contributed by atoms with Crippen LogP contribution in [0.5, 0.6) is 5.75 Å². The number of benzene rings is 2. The molecule has 8 heteroatoms. The quantitative estimate of drug-likeness (QED) is 0.595. The zero-order valence-corrected chi connectivity index (χ0v) is 14.9. The van der Waals surface area contributed by atoms with Gasteiger partial charge in [0.2, 0.25) is 0 Å². The first-order valence-corrected chi connectivity index (χ1v) is 8.70. The van der Waals surface area contributed by atoms with E-state index >= 15 is 0 Å². The van der Waals surface area contributed by atoms with Crippen LogP contribution in [0.2, 0.25) is 0 Å². The number of hydrogen-bond donors (Lipinski definition) is 0. The largest absolute Gasteiger partial charge is 0.487 e. The standard InChI is InChI=1S/C19H20FN3O4/c1-2-27-18-8-3-14(13-17(18)23(25)26)19(24)22-11-9-21(10-12-22)16-6-4-15(20)5-7-16/h3-8,13H,2,9-12H2,1H3. The third-order valence-corrected chi connectivity index (χ3v) is 4.46. The van der Waals surface area contributed by atoms with Gasteiger partial charge in [0.05, 0.1) is 11.5 Å². The van der Waals surface area contributed by atoms with Crippen LogP contribution >= 0.6 is 0 Å². The lowest BCUT2D eigenvalue weighted by atomic mass is 10.1. The number of halogens is 1. The summed E-state index contributed by atoms with van der Waals surface area (Å²) < 4.78 is 18.3. The SMILES string of the molecule is CCOc1ccc(C(=O)N2CCN(c3ccc(F)cc3)CC2)cc1[N+](=O)[O-]. The van der Waals surface area contributed by atoms with Crippen LogP contribution in [-0.2, 0) is 0 Å². The van der Waals surface area contributed by atoms with E-state index in [0.29, 0.717) is 32.8 Å². The zero-order valence-electron chi connectivity index (χ0n) is 14.9. The second-order valence-electron chi connectivity index (χ2n) is 6.13. The summed E-state index contributed by atoms with van der Waals surface area (Å²) in [6.07, 6.45) is 0. The average Bonchev–Trinajstić information content (AvgIpc) is 2.68. The highest BCUT2D eigenvalue weighted by molar-refractivity contribution is 5.95. The minimum Gasteiger partial charge on any atom is -0.487 e. The Morgan fingerprint density at radius 2 is 1.81 bits per heavy atom. The summed E-state index contributed by atoms with van der Waals surface area (Å²) >= 11 is 0. The Labute approximate surface area is 156 Å². The minimum atomic E-state index is -0.547. The maximum Gasteiger partial charge on any atom is 0.311 e. The van der Waals surface area contributed by atoms with Crippen molar-refractivity contribution in [1.29, 1.82) is 0 Å². The number of anilines is 1. The maximum absolute atomic E-state index is 13.0. The molecular weight excluding hydrogens is 353 g/mol. The Balaban J connectivity index is 1.69. The third-order valence-electron chi connectivity index (χ3n) is 4.46. The summed E-state index contributed by atoms with van der Waals surface area (Å²) in [5.74, 6) is -0.384. The molecule has 0 unspecified atom stereocenters. The smallest absolute Gasteiger partial charge is 0.311 e. The van der Waals surface area contributed by atoms with E-state index in [4.69, 9.17) is 4.74 Å². The Bertz CT molecular complexity index is 833. The molecule has 0 N–H and O–H groups in total. The van der Waals surface area contributed by atoms with Crippen molar-refractivity contribution in [1.82, 2.24) is 4.90 Å². The van der Waals surface area contributed by atoms with Crippen molar-refractivity contribution >= 4 is 17.3 Å². The molecule has 3 rings (SSSR count). The van der Waals surface area contributed by atoms with Crippen LogP contribution in [0, 0.1) is 15.9 Å². The fraction of sp³-hybridized carbons (Fsp3) is 0.316. The number of nitrogens with zero attached hydrogens (tertiary/aromatic N) is 3. The third kappa shape index (κ3) is 4.16. The lowest BCUT2D eigenvalue weighted by molar-refractivity contribution is -0.385. The van der Waals surface area contributed by atoms with Gasteiger partial charge in [-0.3, -0.25) is 14.9 Å². The summed E-state index contributed by atoms with van der Waals surface area (Å²) in [7, 11) is 0. The van der Waals surface area contributed by atoms with Gasteiger partial charge >= 0.3 is 5.69 Å². The molecule has 0 aromatic heterocycles. The van der Waals surface area contributed by atoms with E-state index in [9.17, 15) is 19.3 Å². The molecule has 0 atom stereocenters. The van der Waals surface area contributed by atoms with E-state index in [1.54, 1.807) is 30.0 Å². The second kappa shape index (κ2) is 8.03. The summed E-state index contributed by atoms with van der Waals surface area (Å²) in [4.78, 5) is 27.2. The lowest BCUT2D eigenvalue weighted by Crippen LogP contribution is -2.48. The predicted molar refractivity (Wildman–Crippen MR) is 98.8 cm³/mol. The Kier molecular flexibility index (Phi) is 5.54. The van der Waals surface area contributed by atoms with E-state index in [2.05, 4.69) is 4.90 Å². The first-order chi connectivity index (χ1) is 13.0. The molecule has 1 amide bonds. The normalized spacial score (nSPS) is 14.1. The Hall–Kier alpha value is -3.16. The van der Waals surface area contributed by atoms with Gasteiger partial charge < -0.3 is 14.5 Å². The van der Waals surface area contributed by atoms with E-state index in [1.165, 1.54) is 24.3 Å². The molecule has 1 fully saturated rings. The maximum atomic E-state index is 13.0. The fourth-order valence-corrected chi connectivity index (χ4v) is 3.07. The fourth-order valence-electron chi connectivity index (χ4n) is 3.07. The van der Waals surface area contributed by atoms with Crippen molar-refractivity contribution in [2.24, 2.45) is 0 Å². The highest BCUT2D eigenvalue weighted by Crippen LogP contribution is 2.28. The number of hydrogen-bond acceptors (Lipinski definition) is 5. The Morgan fingerprint density at radius 1 is 1.15 bits per heavy atom. The van der Waals surface area contributed by atoms with Gasteiger partial charge in [0.1, 0.15) is 5.82 Å². The zero-order chi connectivity index (χ0) is 19.4. The number of nitro benzene ring substituents is 1. The van der Waals surface area contributed by atoms with Crippen LogP contribution in [0.1, 0.15) is 17.3 Å². The number of carbonyl (C=O) groups excluding carboxylic acids is 1. The molecule has 2 aromatic carbocycles. The van der Waals surface area contributed by atoms with Crippen molar-refractivity contribution in [2.75, 3.05) is 37.7 Å². The molecule has 7 nitrogen and oxygen atoms in total. The van der Waals surface area contributed by atoms with Crippen LogP contribution in [-0.4, -0.2) is 48.5 Å². The lowest BCUT2D eigenvalue weighted by Gasteiger charge is -2.36. The van der Waals surface area contributed by atoms with Crippen molar-refractivity contribution in [2.45, 2.75) is 6.92 Å². The number of carbonyl (C=O) groups is 1. The van der Waals surface area contributed by atoms with Gasteiger partial charge in [-0.1, -0.05) is 0 Å². The summed E-state index contributed by atoms with van der Waals surface area (Å²) in [6.45, 7) is 4.23. The molecule has 0 aliphatic carbocycles. The number of amides is 1. The van der Waals surface area contributed by atoms with Crippen LogP contribution in [0.25, 0.3) is 0 Å². The van der Waals surface area contributed by atoms with Crippen molar-refractivity contribution in [3.8, 4) is 5.75 Å². The van der Waals surface area contributed by atoms with E-state index in [0.717, 1.165) is 5.69 Å². The molecule has 1 saturated heterocycles. The second-order valence-corrected chi connectivity index (χ2v) is 6.13. The summed E-state index contributed by atoms with van der Waals surface area (Å²) in [5, 5.41) is 11.2. The summed E-state index contributed by atoms with van der Waals surface area (Å²) in [5.41, 5.74) is 0.952. The Morgan fingerprint density at radius 3 is 2.41 bits per heavy atom. The number of rotatable bonds is 5. The topological polar surface area (TPSA) is 75.9 Å². The number of nitro groups is 1. The molecule has 0 saturated carbocycles. The highest BCUT2D eigenvalue weighted by Gasteiger charge is 2.25. The first kappa shape index (κ1) is 18.6. The molecule has 1 aliphatic rings. The molecule has 2 aromatic rings. The average molecular weight is 373 g/mol. The minimum absolute atomic E-state index is 0.153. The monoisotopic (exact) mass is 373 g/mol. The van der Waals surface area contributed by atoms with E-state index in [1.807, 2.05) is 0 Å². The highest BCUT2D eigenvalue weighted by atomic mass is 19.1. The van der Waals surface area contributed by atoms with Crippen LogP contribution < -0.4 is 9.64 Å². The van der Waals surface area contributed by atoms with E-state index in [-0.39, 0.29) is 28.7 Å². The molecule has 1 aliphatic heterocycles. The van der Waals surface area contributed by atoms with Crippen LogP contribution in [0.4, 0.5) is 15.8 Å². The van der Waals surface area contributed by atoms with Crippen LogP contribution in [0.3, 0.4) is 0 Å². The van der Waals surface area contributed by atoms with Crippen molar-refractivity contribution in [3.63, 3.8) is 0 Å². The molecule has 0 bridgehead atoms. The van der Waals surface area contributed by atoms with Gasteiger partial charge in [-0.25, -0.2) is 4.39 Å². The number of piperazine rings is 1. The number of ether oxygens (including phenoxy) is 1. The van der Waals surface area contributed by atoms with Gasteiger partial charge in [0.15, 0.2) is 5.75 Å². The van der Waals surface area contributed by atoms with Gasteiger partial charge in [-0.15, -0.1) is 0 Å². The van der Waals surface area contributed by atoms with Gasteiger partial charge in [0, 0.05) is 43.5 Å². The first-order valence-electron chi connectivity index (χ1n) is 8.70. The van der Waals surface area contributed by atoms with E-state index < -0.39 is 4.92 Å². The molecule has 27 heavy (non-hydrogen) atoms. The predicted octanol–water partition coefficient (Wildman–Crippen LogP) is 3.10. The molecule has 0 radical (unpaired) electrons. The van der Waals surface area contributed by atoms with Gasteiger partial charge in [-0.2, -0.15) is 0 Å². The van der Waals surface area contributed by atoms with Gasteiger partial charge in [0.25, 0.3) is 5.91 Å². The van der Waals surface area contributed by atoms with Gasteiger partial charge in [-0.05, 0) is 43.3 Å². The molecule has 1 heterocycles. The summed E-state index contributed by atoms with van der Waals surface area (Å²) in [6, 6.07) is 10.5. The molecule has 0 spiro atoms. The van der Waals surface area contributed by atoms with Crippen molar-refractivity contribution < 1.29 is 18.8 Å². The van der Waals surface area contributed by atoms with Crippen molar-refractivity contribution in [3.05, 3.63) is 64.0 Å².